The molecule has 0 radical (unpaired) electrons. The highest BCUT2D eigenvalue weighted by atomic mass is 79.9. The Morgan fingerprint density at radius 3 is 2.40 bits per heavy atom. The molecule has 2 rings (SSSR count). The largest absolute Gasteiger partial charge is 0.319 e. The average Bonchev–Trinajstić information content (AvgIpc) is 2.32. The summed E-state index contributed by atoms with van der Waals surface area (Å²) in [6.45, 7) is 0. The fraction of sp³-hybridized carbons (Fsp3) is 0. The second-order valence-electron chi connectivity index (χ2n) is 3.69. The quantitative estimate of drug-likeness (QED) is 0.812. The van der Waals surface area contributed by atoms with E-state index in [1.54, 1.807) is 0 Å². The third-order valence-corrected chi connectivity index (χ3v) is 3.02. The van der Waals surface area contributed by atoms with Gasteiger partial charge < -0.3 is 5.32 Å². The van der Waals surface area contributed by atoms with Crippen LogP contribution in [0, 0.1) is 17.5 Å². The van der Waals surface area contributed by atoms with Gasteiger partial charge in [-0.1, -0.05) is 11.6 Å². The SMILES string of the molecule is O=C(Nc1cc(Br)cnc1Cl)c1c(F)cc(F)cc1F. The highest BCUT2D eigenvalue weighted by Gasteiger charge is 2.20. The monoisotopic (exact) mass is 364 g/mol. The van der Waals surface area contributed by atoms with Crippen LogP contribution in [0.25, 0.3) is 0 Å². The van der Waals surface area contributed by atoms with Crippen molar-refractivity contribution in [1.29, 1.82) is 0 Å². The third kappa shape index (κ3) is 3.10. The van der Waals surface area contributed by atoms with Gasteiger partial charge in [0.15, 0.2) is 5.15 Å². The fourth-order valence-corrected chi connectivity index (χ4v) is 1.94. The van der Waals surface area contributed by atoms with E-state index in [1.165, 1.54) is 12.3 Å². The molecule has 0 saturated heterocycles. The average molecular weight is 366 g/mol. The van der Waals surface area contributed by atoms with Crippen molar-refractivity contribution in [2.75, 3.05) is 5.32 Å². The van der Waals surface area contributed by atoms with E-state index in [0.717, 1.165) is 0 Å². The highest BCUT2D eigenvalue weighted by molar-refractivity contribution is 9.10. The molecule has 20 heavy (non-hydrogen) atoms. The third-order valence-electron chi connectivity index (χ3n) is 2.29. The molecule has 1 heterocycles. The van der Waals surface area contributed by atoms with Gasteiger partial charge in [0.1, 0.15) is 23.0 Å². The molecule has 3 nitrogen and oxygen atoms in total. The first-order valence-electron chi connectivity index (χ1n) is 5.15. The number of pyridine rings is 1. The summed E-state index contributed by atoms with van der Waals surface area (Å²) in [5, 5.41) is 2.15. The van der Waals surface area contributed by atoms with Crippen molar-refractivity contribution in [3.8, 4) is 0 Å². The molecule has 0 saturated carbocycles. The zero-order valence-corrected chi connectivity index (χ0v) is 11.9. The number of rotatable bonds is 2. The number of anilines is 1. The number of halogens is 5. The minimum Gasteiger partial charge on any atom is -0.319 e. The van der Waals surface area contributed by atoms with Gasteiger partial charge in [-0.05, 0) is 22.0 Å². The molecule has 1 aromatic heterocycles. The molecule has 8 heteroatoms. The van der Waals surface area contributed by atoms with Gasteiger partial charge in [-0.25, -0.2) is 18.2 Å². The predicted molar refractivity (Wildman–Crippen MR) is 71.2 cm³/mol. The van der Waals surface area contributed by atoms with E-state index >= 15 is 0 Å². The molecule has 0 aliphatic heterocycles. The van der Waals surface area contributed by atoms with Gasteiger partial charge in [0, 0.05) is 22.8 Å². The van der Waals surface area contributed by atoms with Crippen LogP contribution in [-0.2, 0) is 0 Å². The highest BCUT2D eigenvalue weighted by Crippen LogP contribution is 2.24. The number of benzene rings is 1. The lowest BCUT2D eigenvalue weighted by molar-refractivity contribution is 0.101. The van der Waals surface area contributed by atoms with E-state index in [-0.39, 0.29) is 10.8 Å². The smallest absolute Gasteiger partial charge is 0.261 e. The Hall–Kier alpha value is -1.60. The van der Waals surface area contributed by atoms with Gasteiger partial charge >= 0.3 is 0 Å². The van der Waals surface area contributed by atoms with Gasteiger partial charge in [0.05, 0.1) is 5.69 Å². The molecule has 1 aromatic carbocycles. The number of amides is 1. The zero-order valence-electron chi connectivity index (χ0n) is 9.55. The van der Waals surface area contributed by atoms with E-state index in [9.17, 15) is 18.0 Å². The molecule has 0 aliphatic rings. The molecular formula is C12H5BrClF3N2O. The Morgan fingerprint density at radius 1 is 1.20 bits per heavy atom. The second-order valence-corrected chi connectivity index (χ2v) is 4.96. The van der Waals surface area contributed by atoms with Crippen LogP contribution in [0.3, 0.4) is 0 Å². The van der Waals surface area contributed by atoms with Crippen LogP contribution in [0.2, 0.25) is 5.15 Å². The van der Waals surface area contributed by atoms with Crippen LogP contribution in [-0.4, -0.2) is 10.9 Å². The molecule has 0 spiro atoms. The first-order chi connectivity index (χ1) is 9.38. The molecular weight excluding hydrogens is 360 g/mol. The minimum absolute atomic E-state index is 0.0514. The zero-order chi connectivity index (χ0) is 14.9. The molecule has 104 valence electrons. The van der Waals surface area contributed by atoms with Gasteiger partial charge in [-0.3, -0.25) is 4.79 Å². The molecule has 1 N–H and O–H groups in total. The maximum Gasteiger partial charge on any atom is 0.261 e. The summed E-state index contributed by atoms with van der Waals surface area (Å²) in [7, 11) is 0. The van der Waals surface area contributed by atoms with E-state index < -0.39 is 28.9 Å². The van der Waals surface area contributed by atoms with Crippen LogP contribution in [0.1, 0.15) is 10.4 Å². The molecule has 0 bridgehead atoms. The molecule has 2 aromatic rings. The number of hydrogen-bond donors (Lipinski definition) is 1. The number of carbonyl (C=O) groups excluding carboxylic acids is 1. The van der Waals surface area contributed by atoms with Gasteiger partial charge in [0.2, 0.25) is 0 Å². The molecule has 0 fully saturated rings. The first-order valence-corrected chi connectivity index (χ1v) is 6.32. The van der Waals surface area contributed by atoms with Crippen LogP contribution in [0.4, 0.5) is 18.9 Å². The van der Waals surface area contributed by atoms with Crippen LogP contribution in [0.5, 0.6) is 0 Å². The van der Waals surface area contributed by atoms with Crippen molar-refractivity contribution in [1.82, 2.24) is 4.98 Å². The van der Waals surface area contributed by atoms with Crippen molar-refractivity contribution in [3.05, 3.63) is 57.0 Å². The maximum absolute atomic E-state index is 13.4. The van der Waals surface area contributed by atoms with Crippen molar-refractivity contribution >= 4 is 39.1 Å². The van der Waals surface area contributed by atoms with Crippen LogP contribution < -0.4 is 5.32 Å². The number of nitrogens with zero attached hydrogens (tertiary/aromatic N) is 1. The van der Waals surface area contributed by atoms with Gasteiger partial charge in [-0.2, -0.15) is 0 Å². The first kappa shape index (κ1) is 14.8. The summed E-state index contributed by atoms with van der Waals surface area (Å²) in [4.78, 5) is 15.6. The summed E-state index contributed by atoms with van der Waals surface area (Å²) in [6, 6.07) is 2.24. The summed E-state index contributed by atoms with van der Waals surface area (Å²) in [5.41, 5.74) is -0.836. The summed E-state index contributed by atoms with van der Waals surface area (Å²) in [6.07, 6.45) is 1.39. The lowest BCUT2D eigenvalue weighted by Gasteiger charge is -2.08. The molecule has 0 unspecified atom stereocenters. The van der Waals surface area contributed by atoms with Crippen molar-refractivity contribution in [3.63, 3.8) is 0 Å². The van der Waals surface area contributed by atoms with Crippen LogP contribution in [0.15, 0.2) is 28.9 Å². The Balaban J connectivity index is 2.36. The van der Waals surface area contributed by atoms with E-state index in [2.05, 4.69) is 26.2 Å². The Bertz CT molecular complexity index is 673. The Morgan fingerprint density at radius 2 is 1.80 bits per heavy atom. The Labute approximate surface area is 124 Å². The van der Waals surface area contributed by atoms with Crippen LogP contribution >= 0.6 is 27.5 Å². The van der Waals surface area contributed by atoms with Gasteiger partial charge in [0.25, 0.3) is 5.91 Å². The maximum atomic E-state index is 13.4. The summed E-state index contributed by atoms with van der Waals surface area (Å²) < 4.78 is 40.2. The predicted octanol–water partition coefficient (Wildman–Crippen LogP) is 4.17. The fourth-order valence-electron chi connectivity index (χ4n) is 1.45. The Kier molecular flexibility index (Phi) is 4.29. The normalized spacial score (nSPS) is 10.4. The van der Waals surface area contributed by atoms with E-state index in [0.29, 0.717) is 16.6 Å². The topological polar surface area (TPSA) is 42.0 Å². The minimum atomic E-state index is -1.31. The molecule has 0 atom stereocenters. The molecule has 0 aliphatic carbocycles. The number of nitrogens with one attached hydrogen (secondary N) is 1. The van der Waals surface area contributed by atoms with Crippen molar-refractivity contribution in [2.24, 2.45) is 0 Å². The second kappa shape index (κ2) is 5.80. The van der Waals surface area contributed by atoms with Crippen molar-refractivity contribution < 1.29 is 18.0 Å². The lowest BCUT2D eigenvalue weighted by Crippen LogP contribution is -2.16. The van der Waals surface area contributed by atoms with Crippen molar-refractivity contribution in [2.45, 2.75) is 0 Å². The van der Waals surface area contributed by atoms with E-state index in [1.807, 2.05) is 0 Å². The standard InChI is InChI=1S/C12H5BrClF3N2O/c13-5-1-9(11(14)18-4-5)19-12(20)10-7(16)2-6(15)3-8(10)17/h1-4H,(H,19,20). The summed E-state index contributed by atoms with van der Waals surface area (Å²) >= 11 is 8.85. The van der Waals surface area contributed by atoms with Gasteiger partial charge in [-0.15, -0.1) is 0 Å². The molecule has 1 amide bonds. The van der Waals surface area contributed by atoms with E-state index in [4.69, 9.17) is 11.6 Å². The number of aromatic nitrogens is 1. The number of carbonyl (C=O) groups is 1. The summed E-state index contributed by atoms with van der Waals surface area (Å²) in [5.74, 6) is -4.82. The lowest BCUT2D eigenvalue weighted by atomic mass is 10.1. The number of hydrogen-bond acceptors (Lipinski definition) is 2.